The van der Waals surface area contributed by atoms with E-state index in [0.717, 1.165) is 11.1 Å². The van der Waals surface area contributed by atoms with Gasteiger partial charge in [-0.15, -0.1) is 12.4 Å². The number of hydrogen-bond donors (Lipinski definition) is 4. The number of aryl methyl sites for hydroxylation is 2. The highest BCUT2D eigenvalue weighted by atomic mass is 35.5. The average molecular weight is 392 g/mol. The van der Waals surface area contributed by atoms with Crippen LogP contribution in [0.3, 0.4) is 0 Å². The molecule has 4 N–H and O–H groups in total. The van der Waals surface area contributed by atoms with Gasteiger partial charge in [-0.1, -0.05) is 6.07 Å². The van der Waals surface area contributed by atoms with Crippen LogP contribution in [0.2, 0.25) is 0 Å². The van der Waals surface area contributed by atoms with Crippen molar-refractivity contribution in [3.8, 4) is 0 Å². The molecule has 0 spiro atoms. The lowest BCUT2D eigenvalue weighted by Crippen LogP contribution is -2.36. The van der Waals surface area contributed by atoms with E-state index in [1.165, 1.54) is 0 Å². The van der Waals surface area contributed by atoms with E-state index in [2.05, 4.69) is 15.4 Å². The van der Waals surface area contributed by atoms with Crippen LogP contribution in [0.4, 0.5) is 0 Å². The summed E-state index contributed by atoms with van der Waals surface area (Å²) in [4.78, 5) is 12.0. The number of carbonyl (C=O) groups excluding carboxylic acids is 1. The maximum absolute atomic E-state index is 12.2. The summed E-state index contributed by atoms with van der Waals surface area (Å²) in [6.07, 6.45) is -0.395. The number of sulfonamides is 1. The molecule has 142 valence electrons. The van der Waals surface area contributed by atoms with Crippen molar-refractivity contribution in [1.29, 1.82) is 0 Å². The topological polar surface area (TPSA) is 108 Å². The van der Waals surface area contributed by atoms with Gasteiger partial charge in [-0.05, 0) is 37.1 Å². The van der Waals surface area contributed by atoms with Crippen molar-refractivity contribution in [1.82, 2.24) is 15.4 Å². The predicted octanol–water partition coefficient (Wildman–Crippen LogP) is 0.0901. The quantitative estimate of drug-likeness (QED) is 0.527. The monoisotopic (exact) mass is 391 g/mol. The predicted molar refractivity (Wildman–Crippen MR) is 98.3 cm³/mol. The summed E-state index contributed by atoms with van der Waals surface area (Å²) in [6.45, 7) is 5.40. The molecular formula is C16H26ClN3O4S. The van der Waals surface area contributed by atoms with E-state index < -0.39 is 16.1 Å². The first-order chi connectivity index (χ1) is 11.3. The molecular weight excluding hydrogens is 366 g/mol. The molecule has 0 saturated carbocycles. The normalized spacial score (nSPS) is 20.1. The molecule has 1 aliphatic rings. The number of aliphatic hydroxyl groups is 1. The van der Waals surface area contributed by atoms with Crippen LogP contribution in [-0.4, -0.2) is 51.7 Å². The van der Waals surface area contributed by atoms with Crippen LogP contribution in [0.1, 0.15) is 17.5 Å². The molecule has 1 amide bonds. The SMILES string of the molecule is Cc1ccc(S(=O)(=O)NCCC(=O)NCC2CNCC2O)cc1C.Cl. The molecule has 1 aliphatic heterocycles. The minimum absolute atomic E-state index is 0. The molecule has 0 aromatic heterocycles. The van der Waals surface area contributed by atoms with Crippen molar-refractivity contribution in [2.24, 2.45) is 5.92 Å². The van der Waals surface area contributed by atoms with Gasteiger partial charge >= 0.3 is 0 Å². The van der Waals surface area contributed by atoms with E-state index in [1.54, 1.807) is 18.2 Å². The van der Waals surface area contributed by atoms with Crippen LogP contribution in [-0.2, 0) is 14.8 Å². The first-order valence-corrected chi connectivity index (χ1v) is 9.50. The van der Waals surface area contributed by atoms with Gasteiger partial charge in [0.1, 0.15) is 0 Å². The number of nitrogens with one attached hydrogen (secondary N) is 3. The van der Waals surface area contributed by atoms with Gasteiger partial charge in [0.25, 0.3) is 0 Å². The smallest absolute Gasteiger partial charge is 0.240 e. The Morgan fingerprint density at radius 2 is 2.00 bits per heavy atom. The Balaban J connectivity index is 0.00000312. The maximum atomic E-state index is 12.2. The summed E-state index contributed by atoms with van der Waals surface area (Å²) in [7, 11) is -3.61. The van der Waals surface area contributed by atoms with Gasteiger partial charge in [0.2, 0.25) is 15.9 Å². The van der Waals surface area contributed by atoms with Crippen LogP contribution in [0.5, 0.6) is 0 Å². The van der Waals surface area contributed by atoms with Crippen molar-refractivity contribution in [3.05, 3.63) is 29.3 Å². The standard InChI is InChI=1S/C16H25N3O4S.ClH/c1-11-3-4-14(7-12(11)2)24(22,23)19-6-5-16(21)18-9-13-8-17-10-15(13)20;/h3-4,7,13,15,17,19-20H,5-6,8-10H2,1-2H3,(H,18,21);1H. The molecule has 2 rings (SSSR count). The van der Waals surface area contributed by atoms with E-state index >= 15 is 0 Å². The molecule has 1 aromatic rings. The van der Waals surface area contributed by atoms with Crippen molar-refractivity contribution < 1.29 is 18.3 Å². The number of β-amino-alcohol motifs (C(OH)–C–C–N with tert-alkyl or cyclic N) is 1. The number of rotatable bonds is 7. The average Bonchev–Trinajstić information content (AvgIpc) is 2.93. The molecule has 2 atom stereocenters. The summed E-state index contributed by atoms with van der Waals surface area (Å²) in [5.41, 5.74) is 1.93. The molecule has 0 aliphatic carbocycles. The van der Waals surface area contributed by atoms with E-state index in [4.69, 9.17) is 0 Å². The Labute approximate surface area is 155 Å². The zero-order chi connectivity index (χ0) is 17.7. The van der Waals surface area contributed by atoms with Gasteiger partial charge in [-0.2, -0.15) is 0 Å². The second kappa shape index (κ2) is 9.49. The Bertz CT molecular complexity index is 697. The van der Waals surface area contributed by atoms with Gasteiger partial charge in [0.05, 0.1) is 11.0 Å². The van der Waals surface area contributed by atoms with Gasteiger partial charge in [-0.25, -0.2) is 13.1 Å². The fraction of sp³-hybridized carbons (Fsp3) is 0.562. The maximum Gasteiger partial charge on any atom is 0.240 e. The summed E-state index contributed by atoms with van der Waals surface area (Å²) < 4.78 is 26.8. The lowest BCUT2D eigenvalue weighted by molar-refractivity contribution is -0.121. The van der Waals surface area contributed by atoms with Crippen molar-refractivity contribution in [3.63, 3.8) is 0 Å². The van der Waals surface area contributed by atoms with Gasteiger partial charge in [-0.3, -0.25) is 4.79 Å². The van der Waals surface area contributed by atoms with Crippen molar-refractivity contribution >= 4 is 28.3 Å². The third-order valence-electron chi connectivity index (χ3n) is 4.30. The van der Waals surface area contributed by atoms with Gasteiger partial charge in [0, 0.05) is 38.5 Å². The Kier molecular flexibility index (Phi) is 8.30. The van der Waals surface area contributed by atoms with Crippen LogP contribution in [0.25, 0.3) is 0 Å². The third kappa shape index (κ3) is 6.23. The second-order valence-corrected chi connectivity index (χ2v) is 7.95. The number of amides is 1. The van der Waals surface area contributed by atoms with E-state index in [9.17, 15) is 18.3 Å². The van der Waals surface area contributed by atoms with E-state index in [-0.39, 0.29) is 42.1 Å². The van der Waals surface area contributed by atoms with Crippen LogP contribution in [0, 0.1) is 19.8 Å². The highest BCUT2D eigenvalue weighted by molar-refractivity contribution is 7.89. The first kappa shape index (κ1) is 21.9. The molecule has 1 saturated heterocycles. The Hall–Kier alpha value is -1.19. The highest BCUT2D eigenvalue weighted by Crippen LogP contribution is 2.14. The zero-order valence-corrected chi connectivity index (χ0v) is 16.0. The molecule has 2 unspecified atom stereocenters. The number of carbonyl (C=O) groups is 1. The molecule has 1 aromatic carbocycles. The summed E-state index contributed by atoms with van der Waals surface area (Å²) in [5, 5.41) is 15.4. The molecule has 0 bridgehead atoms. The number of hydrogen-bond acceptors (Lipinski definition) is 5. The molecule has 7 nitrogen and oxygen atoms in total. The number of aliphatic hydroxyl groups excluding tert-OH is 1. The van der Waals surface area contributed by atoms with Crippen LogP contribution in [0.15, 0.2) is 23.1 Å². The fourth-order valence-electron chi connectivity index (χ4n) is 2.52. The minimum Gasteiger partial charge on any atom is -0.391 e. The lowest BCUT2D eigenvalue weighted by Gasteiger charge is -2.14. The third-order valence-corrected chi connectivity index (χ3v) is 5.76. The van der Waals surface area contributed by atoms with Crippen molar-refractivity contribution in [2.45, 2.75) is 31.3 Å². The summed E-state index contributed by atoms with van der Waals surface area (Å²) in [6, 6.07) is 4.93. The molecule has 1 heterocycles. The minimum atomic E-state index is -3.61. The molecule has 9 heteroatoms. The molecule has 0 radical (unpaired) electrons. The summed E-state index contributed by atoms with van der Waals surface area (Å²) >= 11 is 0. The summed E-state index contributed by atoms with van der Waals surface area (Å²) in [5.74, 6) is -0.238. The van der Waals surface area contributed by atoms with Crippen LogP contribution < -0.4 is 15.4 Å². The highest BCUT2D eigenvalue weighted by Gasteiger charge is 2.25. The molecule has 25 heavy (non-hydrogen) atoms. The van der Waals surface area contributed by atoms with E-state index in [0.29, 0.717) is 19.6 Å². The first-order valence-electron chi connectivity index (χ1n) is 8.02. The number of halogens is 1. The Morgan fingerprint density at radius 1 is 1.28 bits per heavy atom. The molecule has 1 fully saturated rings. The second-order valence-electron chi connectivity index (χ2n) is 6.18. The zero-order valence-electron chi connectivity index (χ0n) is 14.4. The van der Waals surface area contributed by atoms with Crippen LogP contribution >= 0.6 is 12.4 Å². The largest absolute Gasteiger partial charge is 0.391 e. The van der Waals surface area contributed by atoms with Gasteiger partial charge < -0.3 is 15.7 Å². The number of benzene rings is 1. The van der Waals surface area contributed by atoms with Crippen molar-refractivity contribution in [2.75, 3.05) is 26.2 Å². The fourth-order valence-corrected chi connectivity index (χ4v) is 3.64. The van der Waals surface area contributed by atoms with Gasteiger partial charge in [0.15, 0.2) is 0 Å². The lowest BCUT2D eigenvalue weighted by atomic mass is 10.1. The Morgan fingerprint density at radius 3 is 2.60 bits per heavy atom. The van der Waals surface area contributed by atoms with E-state index in [1.807, 2.05) is 13.8 Å².